The van der Waals surface area contributed by atoms with E-state index in [1.807, 2.05) is 0 Å². The first-order chi connectivity index (χ1) is 8.93. The Morgan fingerprint density at radius 1 is 1.26 bits per heavy atom. The molecule has 112 valence electrons. The molecule has 2 heteroatoms. The lowest BCUT2D eigenvalue weighted by Crippen LogP contribution is -2.51. The largest absolute Gasteiger partial charge is 0.329 e. The fourth-order valence-electron chi connectivity index (χ4n) is 3.31. The maximum Gasteiger partial charge on any atom is 0.0304 e. The molecule has 1 rings (SSSR count). The smallest absolute Gasteiger partial charge is 0.0304 e. The van der Waals surface area contributed by atoms with Crippen molar-refractivity contribution < 1.29 is 0 Å². The van der Waals surface area contributed by atoms with Gasteiger partial charge in [0, 0.05) is 12.1 Å². The average molecular weight is 266 g/mol. The van der Waals surface area contributed by atoms with Gasteiger partial charge in [0.1, 0.15) is 0 Å². The highest BCUT2D eigenvalue weighted by molar-refractivity contribution is 4.94. The zero-order valence-electron chi connectivity index (χ0n) is 13.5. The molecule has 0 amide bonds. The second kappa shape index (κ2) is 7.44. The first-order valence-corrected chi connectivity index (χ1v) is 8.00. The lowest BCUT2D eigenvalue weighted by molar-refractivity contribution is 0.206. The summed E-state index contributed by atoms with van der Waals surface area (Å²) in [4.78, 5) is 0. The van der Waals surface area contributed by atoms with E-state index in [0.29, 0.717) is 5.41 Å². The SMILES string of the molecule is C/C=C/CCNC1(CN)CCCC(C(C)(C)C)CC1. The van der Waals surface area contributed by atoms with Crippen LogP contribution in [0.15, 0.2) is 12.2 Å². The molecule has 0 radical (unpaired) electrons. The van der Waals surface area contributed by atoms with Gasteiger partial charge in [-0.3, -0.25) is 0 Å². The van der Waals surface area contributed by atoms with Gasteiger partial charge in [-0.05, 0) is 56.9 Å². The number of nitrogens with one attached hydrogen (secondary N) is 1. The van der Waals surface area contributed by atoms with Crippen molar-refractivity contribution in [1.82, 2.24) is 5.32 Å². The van der Waals surface area contributed by atoms with Crippen LogP contribution in [-0.4, -0.2) is 18.6 Å². The van der Waals surface area contributed by atoms with Crippen LogP contribution in [0.5, 0.6) is 0 Å². The van der Waals surface area contributed by atoms with Crippen molar-refractivity contribution in [3.8, 4) is 0 Å². The molecule has 1 aliphatic carbocycles. The number of hydrogen-bond acceptors (Lipinski definition) is 2. The summed E-state index contributed by atoms with van der Waals surface area (Å²) in [5.41, 5.74) is 6.73. The maximum absolute atomic E-state index is 6.10. The second-order valence-electron chi connectivity index (χ2n) is 7.26. The van der Waals surface area contributed by atoms with E-state index in [4.69, 9.17) is 5.73 Å². The van der Waals surface area contributed by atoms with Crippen LogP contribution in [0.2, 0.25) is 0 Å². The molecular weight excluding hydrogens is 232 g/mol. The molecule has 1 aliphatic rings. The van der Waals surface area contributed by atoms with Gasteiger partial charge in [0.05, 0.1) is 0 Å². The Hall–Kier alpha value is -0.340. The average Bonchev–Trinajstić information content (AvgIpc) is 2.57. The molecule has 2 nitrogen and oxygen atoms in total. The Bertz CT molecular complexity index is 277. The van der Waals surface area contributed by atoms with Gasteiger partial charge < -0.3 is 11.1 Å². The van der Waals surface area contributed by atoms with Crippen LogP contribution in [0.4, 0.5) is 0 Å². The third kappa shape index (κ3) is 5.27. The van der Waals surface area contributed by atoms with E-state index in [9.17, 15) is 0 Å². The van der Waals surface area contributed by atoms with E-state index in [1.54, 1.807) is 0 Å². The summed E-state index contributed by atoms with van der Waals surface area (Å²) in [6.07, 6.45) is 11.9. The molecule has 0 spiro atoms. The molecule has 0 aromatic rings. The van der Waals surface area contributed by atoms with Crippen LogP contribution >= 0.6 is 0 Å². The van der Waals surface area contributed by atoms with Gasteiger partial charge in [0.25, 0.3) is 0 Å². The summed E-state index contributed by atoms with van der Waals surface area (Å²) in [7, 11) is 0. The Balaban J connectivity index is 2.55. The number of rotatable bonds is 5. The van der Waals surface area contributed by atoms with Crippen molar-refractivity contribution in [3.05, 3.63) is 12.2 Å². The molecule has 1 fully saturated rings. The third-order valence-corrected chi connectivity index (χ3v) is 4.84. The summed E-state index contributed by atoms with van der Waals surface area (Å²) >= 11 is 0. The van der Waals surface area contributed by atoms with Gasteiger partial charge >= 0.3 is 0 Å². The van der Waals surface area contributed by atoms with E-state index in [0.717, 1.165) is 25.4 Å². The van der Waals surface area contributed by atoms with Crippen LogP contribution < -0.4 is 11.1 Å². The van der Waals surface area contributed by atoms with E-state index >= 15 is 0 Å². The molecule has 1 saturated carbocycles. The normalized spacial score (nSPS) is 29.6. The van der Waals surface area contributed by atoms with E-state index in [-0.39, 0.29) is 5.54 Å². The second-order valence-corrected chi connectivity index (χ2v) is 7.26. The van der Waals surface area contributed by atoms with Crippen molar-refractivity contribution >= 4 is 0 Å². The number of allylic oxidation sites excluding steroid dienone is 1. The quantitative estimate of drug-likeness (QED) is 0.450. The predicted molar refractivity (Wildman–Crippen MR) is 85.2 cm³/mol. The first-order valence-electron chi connectivity index (χ1n) is 8.00. The first kappa shape index (κ1) is 16.7. The van der Waals surface area contributed by atoms with Gasteiger partial charge in [-0.15, -0.1) is 0 Å². The van der Waals surface area contributed by atoms with Crippen LogP contribution in [0, 0.1) is 11.3 Å². The zero-order chi connectivity index (χ0) is 14.4. The van der Waals surface area contributed by atoms with Crippen LogP contribution in [0.25, 0.3) is 0 Å². The van der Waals surface area contributed by atoms with Crippen molar-refractivity contribution in [3.63, 3.8) is 0 Å². The summed E-state index contributed by atoms with van der Waals surface area (Å²) in [6, 6.07) is 0. The van der Waals surface area contributed by atoms with Crippen LogP contribution in [-0.2, 0) is 0 Å². The molecule has 0 aromatic carbocycles. The fourth-order valence-corrected chi connectivity index (χ4v) is 3.31. The van der Waals surface area contributed by atoms with Gasteiger partial charge in [-0.1, -0.05) is 39.3 Å². The highest BCUT2D eigenvalue weighted by atomic mass is 15.0. The molecule has 0 heterocycles. The molecular formula is C17H34N2. The van der Waals surface area contributed by atoms with Crippen molar-refractivity contribution in [1.29, 1.82) is 0 Å². The fraction of sp³-hybridized carbons (Fsp3) is 0.882. The van der Waals surface area contributed by atoms with Crippen LogP contribution in [0.3, 0.4) is 0 Å². The molecule has 19 heavy (non-hydrogen) atoms. The Morgan fingerprint density at radius 3 is 2.58 bits per heavy atom. The Morgan fingerprint density at radius 2 is 2.00 bits per heavy atom. The summed E-state index contributed by atoms with van der Waals surface area (Å²) in [6.45, 7) is 11.1. The minimum Gasteiger partial charge on any atom is -0.329 e. The van der Waals surface area contributed by atoms with E-state index in [2.05, 4.69) is 45.2 Å². The van der Waals surface area contributed by atoms with Gasteiger partial charge in [-0.25, -0.2) is 0 Å². The summed E-state index contributed by atoms with van der Waals surface area (Å²) in [5, 5.41) is 3.76. The molecule has 0 bridgehead atoms. The molecule has 0 aliphatic heterocycles. The summed E-state index contributed by atoms with van der Waals surface area (Å²) in [5.74, 6) is 0.846. The molecule has 3 N–H and O–H groups in total. The molecule has 2 atom stereocenters. The van der Waals surface area contributed by atoms with Gasteiger partial charge in [0.15, 0.2) is 0 Å². The predicted octanol–water partition coefficient (Wildman–Crippen LogP) is 3.87. The minimum atomic E-state index is 0.196. The van der Waals surface area contributed by atoms with Crippen LogP contribution in [0.1, 0.15) is 66.2 Å². The zero-order valence-corrected chi connectivity index (χ0v) is 13.5. The van der Waals surface area contributed by atoms with Gasteiger partial charge in [-0.2, -0.15) is 0 Å². The Kier molecular flexibility index (Phi) is 6.55. The van der Waals surface area contributed by atoms with E-state index < -0.39 is 0 Å². The summed E-state index contributed by atoms with van der Waals surface area (Å²) < 4.78 is 0. The minimum absolute atomic E-state index is 0.196. The maximum atomic E-state index is 6.10. The number of hydrogen-bond donors (Lipinski definition) is 2. The highest BCUT2D eigenvalue weighted by Crippen LogP contribution is 2.39. The number of nitrogens with two attached hydrogens (primary N) is 1. The Labute approximate surface area is 120 Å². The van der Waals surface area contributed by atoms with Crippen molar-refractivity contribution in [2.75, 3.05) is 13.1 Å². The standard InChI is InChI=1S/C17H34N2/c1-5-6-7-13-19-17(14-18)11-8-9-15(10-12-17)16(2,3)4/h5-6,15,19H,7-14,18H2,1-4H3/b6-5+. The van der Waals surface area contributed by atoms with Crippen molar-refractivity contribution in [2.45, 2.75) is 71.8 Å². The lowest BCUT2D eigenvalue weighted by Gasteiger charge is -2.34. The van der Waals surface area contributed by atoms with Crippen molar-refractivity contribution in [2.24, 2.45) is 17.1 Å². The highest BCUT2D eigenvalue weighted by Gasteiger charge is 2.34. The molecule has 2 unspecified atom stereocenters. The van der Waals surface area contributed by atoms with E-state index in [1.165, 1.54) is 32.1 Å². The monoisotopic (exact) mass is 266 g/mol. The third-order valence-electron chi connectivity index (χ3n) is 4.84. The van der Waals surface area contributed by atoms with Gasteiger partial charge in [0.2, 0.25) is 0 Å². The topological polar surface area (TPSA) is 38.0 Å². The molecule has 0 saturated heterocycles. The lowest BCUT2D eigenvalue weighted by atomic mass is 9.76. The molecule has 0 aromatic heterocycles.